The van der Waals surface area contributed by atoms with Crippen LogP contribution in [-0.4, -0.2) is 6.54 Å². The number of hydrogen-bond acceptors (Lipinski definition) is 2. The van der Waals surface area contributed by atoms with Crippen LogP contribution < -0.4 is 5.32 Å². The van der Waals surface area contributed by atoms with Gasteiger partial charge in [0.25, 0.3) is 0 Å². The zero-order valence-corrected chi connectivity index (χ0v) is 16.2. The monoisotopic (exact) mass is 455 g/mol. The van der Waals surface area contributed by atoms with Crippen LogP contribution in [0.1, 0.15) is 30.5 Å². The van der Waals surface area contributed by atoms with E-state index in [2.05, 4.69) is 56.2 Å². The van der Waals surface area contributed by atoms with Crippen LogP contribution in [0.3, 0.4) is 0 Å². The largest absolute Gasteiger partial charge is 0.306 e. The van der Waals surface area contributed by atoms with Gasteiger partial charge >= 0.3 is 0 Å². The molecular weight excluding hydrogens is 445 g/mol. The van der Waals surface area contributed by atoms with Crippen LogP contribution in [0.4, 0.5) is 0 Å². The van der Waals surface area contributed by atoms with Crippen molar-refractivity contribution in [2.75, 3.05) is 6.54 Å². The molecule has 2 aromatic rings. The van der Waals surface area contributed by atoms with Gasteiger partial charge in [-0.1, -0.05) is 62.0 Å². The van der Waals surface area contributed by atoms with Crippen LogP contribution in [0, 0.1) is 0 Å². The highest BCUT2D eigenvalue weighted by Gasteiger charge is 2.19. The van der Waals surface area contributed by atoms with Gasteiger partial charge in [0.2, 0.25) is 0 Å². The Morgan fingerprint density at radius 3 is 2.30 bits per heavy atom. The topological polar surface area (TPSA) is 12.0 Å². The summed E-state index contributed by atoms with van der Waals surface area (Å²) in [6, 6.07) is 8.19. The molecule has 1 unspecified atom stereocenters. The van der Waals surface area contributed by atoms with Crippen LogP contribution >= 0.6 is 66.4 Å². The van der Waals surface area contributed by atoms with Crippen molar-refractivity contribution in [1.29, 1.82) is 0 Å². The van der Waals surface area contributed by atoms with Crippen molar-refractivity contribution in [1.82, 2.24) is 5.32 Å². The lowest BCUT2D eigenvalue weighted by Crippen LogP contribution is -2.23. The second kappa shape index (κ2) is 7.61. The average molecular weight is 458 g/mol. The van der Waals surface area contributed by atoms with E-state index in [-0.39, 0.29) is 6.04 Å². The van der Waals surface area contributed by atoms with E-state index in [1.54, 1.807) is 0 Å². The zero-order chi connectivity index (χ0) is 14.7. The fourth-order valence-electron chi connectivity index (χ4n) is 1.99. The predicted octanol–water partition coefficient (Wildman–Crippen LogP) is 6.67. The summed E-state index contributed by atoms with van der Waals surface area (Å²) in [6.07, 6.45) is 1.06. The van der Waals surface area contributed by atoms with Gasteiger partial charge in [-0.2, -0.15) is 0 Å². The molecule has 0 saturated carbocycles. The van der Waals surface area contributed by atoms with E-state index < -0.39 is 0 Å². The summed E-state index contributed by atoms with van der Waals surface area (Å²) < 4.78 is 3.51. The van der Waals surface area contributed by atoms with Gasteiger partial charge in [-0.15, -0.1) is 11.3 Å². The maximum absolute atomic E-state index is 6.32. The van der Waals surface area contributed by atoms with E-state index in [1.807, 2.05) is 12.1 Å². The first-order chi connectivity index (χ1) is 9.51. The van der Waals surface area contributed by atoms with Gasteiger partial charge in [0, 0.05) is 14.5 Å². The van der Waals surface area contributed by atoms with Crippen LogP contribution in [0.2, 0.25) is 8.67 Å². The molecule has 0 aliphatic carbocycles. The van der Waals surface area contributed by atoms with Crippen LogP contribution in [-0.2, 0) is 0 Å². The fourth-order valence-corrected chi connectivity index (χ4v) is 4.85. The van der Waals surface area contributed by atoms with Crippen molar-refractivity contribution >= 4 is 66.4 Å². The highest BCUT2D eigenvalue weighted by molar-refractivity contribution is 9.11. The Morgan fingerprint density at radius 1 is 1.15 bits per heavy atom. The van der Waals surface area contributed by atoms with E-state index in [4.69, 9.17) is 23.2 Å². The molecule has 1 heterocycles. The molecule has 0 amide bonds. The fraction of sp³-hybridized carbons (Fsp3) is 0.286. The average Bonchev–Trinajstić information content (AvgIpc) is 2.68. The van der Waals surface area contributed by atoms with Gasteiger partial charge in [-0.25, -0.2) is 0 Å². The minimum Gasteiger partial charge on any atom is -0.306 e. The van der Waals surface area contributed by atoms with Gasteiger partial charge in [0.1, 0.15) is 0 Å². The van der Waals surface area contributed by atoms with Crippen molar-refractivity contribution < 1.29 is 0 Å². The number of rotatable bonds is 5. The molecule has 1 aromatic heterocycles. The van der Waals surface area contributed by atoms with Crippen molar-refractivity contribution in [2.45, 2.75) is 19.4 Å². The van der Waals surface area contributed by atoms with Gasteiger partial charge in [0.05, 0.1) is 14.7 Å². The summed E-state index contributed by atoms with van der Waals surface area (Å²) >= 11 is 20.9. The van der Waals surface area contributed by atoms with E-state index in [1.165, 1.54) is 11.3 Å². The third-order valence-corrected chi connectivity index (χ3v) is 5.24. The van der Waals surface area contributed by atoms with Crippen LogP contribution in [0.25, 0.3) is 0 Å². The number of thiophene rings is 1. The smallest absolute Gasteiger partial charge is 0.0995 e. The highest BCUT2D eigenvalue weighted by Crippen LogP contribution is 2.38. The molecule has 20 heavy (non-hydrogen) atoms. The van der Waals surface area contributed by atoms with Crippen LogP contribution in [0.15, 0.2) is 33.2 Å². The van der Waals surface area contributed by atoms with Crippen molar-refractivity contribution in [2.24, 2.45) is 0 Å². The maximum Gasteiger partial charge on any atom is 0.0995 e. The second-order valence-electron chi connectivity index (χ2n) is 4.37. The Labute approximate surface area is 149 Å². The normalized spacial score (nSPS) is 12.7. The molecular formula is C14H13Br2Cl2NS. The summed E-state index contributed by atoms with van der Waals surface area (Å²) in [5.74, 6) is 0. The lowest BCUT2D eigenvalue weighted by Gasteiger charge is -2.19. The van der Waals surface area contributed by atoms with E-state index in [9.17, 15) is 0 Å². The Balaban J connectivity index is 2.43. The van der Waals surface area contributed by atoms with Gasteiger partial charge in [-0.3, -0.25) is 0 Å². The summed E-state index contributed by atoms with van der Waals surface area (Å²) in [5.41, 5.74) is 2.18. The first kappa shape index (κ1) is 16.8. The highest BCUT2D eigenvalue weighted by atomic mass is 79.9. The summed E-state index contributed by atoms with van der Waals surface area (Å²) in [7, 11) is 0. The standard InChI is InChI=1S/C14H13Br2Cl2NS/c1-2-3-19-13(11-7-12(17)20-14(11)18)8-4-9(15)6-10(16)5-8/h4-7,13,19H,2-3H2,1H3. The summed E-state index contributed by atoms with van der Waals surface area (Å²) in [6.45, 7) is 3.06. The van der Waals surface area contributed by atoms with Gasteiger partial charge in [0.15, 0.2) is 0 Å². The Bertz CT molecular complexity index is 581. The van der Waals surface area contributed by atoms with E-state index in [0.717, 1.165) is 37.4 Å². The zero-order valence-electron chi connectivity index (χ0n) is 10.7. The minimum absolute atomic E-state index is 0.0417. The number of benzene rings is 1. The SMILES string of the molecule is CCCNC(c1cc(Br)cc(Br)c1)c1cc(Cl)sc1Cl. The second-order valence-corrected chi connectivity index (χ2v) is 8.49. The summed E-state index contributed by atoms with van der Waals surface area (Å²) in [4.78, 5) is 0. The number of halogens is 4. The van der Waals surface area contributed by atoms with Crippen LogP contribution in [0.5, 0.6) is 0 Å². The molecule has 1 aromatic carbocycles. The molecule has 6 heteroatoms. The van der Waals surface area contributed by atoms with Crippen molar-refractivity contribution in [3.05, 3.63) is 53.0 Å². The first-order valence-electron chi connectivity index (χ1n) is 6.15. The first-order valence-corrected chi connectivity index (χ1v) is 9.31. The molecule has 0 bridgehead atoms. The van der Waals surface area contributed by atoms with E-state index in [0.29, 0.717) is 4.34 Å². The quantitative estimate of drug-likeness (QED) is 0.528. The van der Waals surface area contributed by atoms with E-state index >= 15 is 0 Å². The van der Waals surface area contributed by atoms with Gasteiger partial charge < -0.3 is 5.32 Å². The lowest BCUT2D eigenvalue weighted by atomic mass is 10.0. The molecule has 1 atom stereocenters. The molecule has 2 rings (SSSR count). The Morgan fingerprint density at radius 2 is 1.80 bits per heavy atom. The lowest BCUT2D eigenvalue weighted by molar-refractivity contribution is 0.599. The van der Waals surface area contributed by atoms with Crippen molar-refractivity contribution in [3.8, 4) is 0 Å². The molecule has 0 aliphatic rings. The Kier molecular flexibility index (Phi) is 6.39. The minimum atomic E-state index is 0.0417. The molecule has 0 fully saturated rings. The molecule has 0 spiro atoms. The van der Waals surface area contributed by atoms with Gasteiger partial charge in [-0.05, 0) is 42.8 Å². The molecule has 0 radical (unpaired) electrons. The third kappa shape index (κ3) is 4.21. The molecule has 108 valence electrons. The predicted molar refractivity (Wildman–Crippen MR) is 96.3 cm³/mol. The molecule has 0 saturated heterocycles. The Hall–Kier alpha value is 0.420. The molecule has 0 aliphatic heterocycles. The summed E-state index contributed by atoms with van der Waals surface area (Å²) in [5, 5.41) is 3.53. The number of hydrogen-bond donors (Lipinski definition) is 1. The molecule has 1 N–H and O–H groups in total. The molecule has 1 nitrogen and oxygen atoms in total. The maximum atomic E-state index is 6.32. The van der Waals surface area contributed by atoms with Crippen molar-refractivity contribution in [3.63, 3.8) is 0 Å². The third-order valence-electron chi connectivity index (χ3n) is 2.81. The number of nitrogens with one attached hydrogen (secondary N) is 1.